The van der Waals surface area contributed by atoms with E-state index in [1.165, 1.54) is 5.56 Å². The van der Waals surface area contributed by atoms with Gasteiger partial charge in [0.25, 0.3) is 0 Å². The molecule has 0 radical (unpaired) electrons. The summed E-state index contributed by atoms with van der Waals surface area (Å²) in [5.41, 5.74) is 3.48. The molecule has 0 bridgehead atoms. The van der Waals surface area contributed by atoms with Gasteiger partial charge in [-0.25, -0.2) is 0 Å². The largest absolute Gasteiger partial charge is 0.0840 e. The van der Waals surface area contributed by atoms with Crippen LogP contribution in [0.2, 0.25) is 5.02 Å². The Morgan fingerprint density at radius 2 is 1.62 bits per heavy atom. The summed E-state index contributed by atoms with van der Waals surface area (Å²) in [6.45, 7) is 2.03. The third kappa shape index (κ3) is 2.53. The molecule has 0 amide bonds. The number of rotatable bonds is 2. The highest BCUT2D eigenvalue weighted by Gasteiger charge is 1.97. The molecule has 0 saturated heterocycles. The molecule has 2 aromatic carbocycles. The summed E-state index contributed by atoms with van der Waals surface area (Å²) in [5.74, 6) is 0. The molecular formula is C15H13Cl. The van der Waals surface area contributed by atoms with E-state index < -0.39 is 0 Å². The zero-order valence-electron chi connectivity index (χ0n) is 9.15. The van der Waals surface area contributed by atoms with Crippen molar-refractivity contribution in [3.05, 3.63) is 70.2 Å². The number of hydrogen-bond donors (Lipinski definition) is 0. The van der Waals surface area contributed by atoms with Crippen molar-refractivity contribution >= 4 is 23.8 Å². The van der Waals surface area contributed by atoms with Gasteiger partial charge < -0.3 is 0 Å². The van der Waals surface area contributed by atoms with Crippen molar-refractivity contribution in [3.63, 3.8) is 0 Å². The molecule has 0 aromatic heterocycles. The lowest BCUT2D eigenvalue weighted by Crippen LogP contribution is -1.80. The van der Waals surface area contributed by atoms with E-state index in [2.05, 4.69) is 30.4 Å². The predicted octanol–water partition coefficient (Wildman–Crippen LogP) is 4.82. The molecular weight excluding hydrogens is 216 g/mol. The van der Waals surface area contributed by atoms with Gasteiger partial charge in [0.05, 0.1) is 0 Å². The van der Waals surface area contributed by atoms with Crippen LogP contribution in [0.25, 0.3) is 12.2 Å². The third-order valence-electron chi connectivity index (χ3n) is 2.56. The van der Waals surface area contributed by atoms with Crippen LogP contribution in [0.3, 0.4) is 0 Å². The summed E-state index contributed by atoms with van der Waals surface area (Å²) >= 11 is 6.06. The Morgan fingerprint density at radius 1 is 0.875 bits per heavy atom. The van der Waals surface area contributed by atoms with Gasteiger partial charge in [0, 0.05) is 5.02 Å². The van der Waals surface area contributed by atoms with Gasteiger partial charge in [-0.1, -0.05) is 66.2 Å². The highest BCUT2D eigenvalue weighted by molar-refractivity contribution is 6.31. The Balaban J connectivity index is 2.28. The molecule has 0 heterocycles. The van der Waals surface area contributed by atoms with Gasteiger partial charge in [0.15, 0.2) is 0 Å². The molecule has 0 saturated carbocycles. The maximum atomic E-state index is 6.06. The van der Waals surface area contributed by atoms with Crippen molar-refractivity contribution in [2.45, 2.75) is 6.92 Å². The second kappa shape index (κ2) is 5.00. The molecule has 0 spiro atoms. The molecule has 2 aromatic rings. The van der Waals surface area contributed by atoms with Gasteiger partial charge >= 0.3 is 0 Å². The average Bonchev–Trinajstić information content (AvgIpc) is 2.32. The SMILES string of the molecule is Cc1c(Cl)cccc1/C=C/c1ccccc1. The first-order chi connectivity index (χ1) is 7.77. The Hall–Kier alpha value is -1.53. The van der Waals surface area contributed by atoms with E-state index in [0.717, 1.165) is 16.1 Å². The summed E-state index contributed by atoms with van der Waals surface area (Å²) in [6, 6.07) is 16.2. The highest BCUT2D eigenvalue weighted by atomic mass is 35.5. The lowest BCUT2D eigenvalue weighted by molar-refractivity contribution is 1.44. The Labute approximate surface area is 101 Å². The van der Waals surface area contributed by atoms with Crippen molar-refractivity contribution in [1.29, 1.82) is 0 Å². The van der Waals surface area contributed by atoms with E-state index >= 15 is 0 Å². The molecule has 80 valence electrons. The zero-order chi connectivity index (χ0) is 11.4. The number of benzene rings is 2. The van der Waals surface area contributed by atoms with Gasteiger partial charge in [0.1, 0.15) is 0 Å². The number of hydrogen-bond acceptors (Lipinski definition) is 0. The van der Waals surface area contributed by atoms with E-state index in [4.69, 9.17) is 11.6 Å². The summed E-state index contributed by atoms with van der Waals surface area (Å²) in [4.78, 5) is 0. The first-order valence-corrected chi connectivity index (χ1v) is 5.63. The summed E-state index contributed by atoms with van der Waals surface area (Å²) in [7, 11) is 0. The fourth-order valence-corrected chi connectivity index (χ4v) is 1.74. The summed E-state index contributed by atoms with van der Waals surface area (Å²) in [5, 5.41) is 0.815. The van der Waals surface area contributed by atoms with Crippen LogP contribution >= 0.6 is 11.6 Å². The van der Waals surface area contributed by atoms with Gasteiger partial charge in [-0.2, -0.15) is 0 Å². The molecule has 0 unspecified atom stereocenters. The summed E-state index contributed by atoms with van der Waals surface area (Å²) in [6.07, 6.45) is 4.19. The Morgan fingerprint density at radius 3 is 2.38 bits per heavy atom. The van der Waals surface area contributed by atoms with Crippen LogP contribution in [0, 0.1) is 6.92 Å². The maximum Gasteiger partial charge on any atom is 0.0441 e. The fraction of sp³-hybridized carbons (Fsp3) is 0.0667. The molecule has 0 nitrogen and oxygen atoms in total. The highest BCUT2D eigenvalue weighted by Crippen LogP contribution is 2.20. The van der Waals surface area contributed by atoms with Crippen LogP contribution in [0.4, 0.5) is 0 Å². The van der Waals surface area contributed by atoms with Crippen molar-refractivity contribution < 1.29 is 0 Å². The van der Waals surface area contributed by atoms with Crippen LogP contribution in [-0.2, 0) is 0 Å². The monoisotopic (exact) mass is 228 g/mol. The first-order valence-electron chi connectivity index (χ1n) is 5.25. The first kappa shape index (κ1) is 11.0. The molecule has 0 aliphatic carbocycles. The van der Waals surface area contributed by atoms with Crippen LogP contribution in [-0.4, -0.2) is 0 Å². The minimum absolute atomic E-state index is 0.815. The molecule has 0 fully saturated rings. The minimum atomic E-state index is 0.815. The Bertz CT molecular complexity index is 498. The van der Waals surface area contributed by atoms with Gasteiger partial charge in [-0.3, -0.25) is 0 Å². The van der Waals surface area contributed by atoms with Crippen LogP contribution < -0.4 is 0 Å². The van der Waals surface area contributed by atoms with E-state index in [1.54, 1.807) is 0 Å². The average molecular weight is 229 g/mol. The van der Waals surface area contributed by atoms with E-state index in [9.17, 15) is 0 Å². The molecule has 0 aliphatic heterocycles. The van der Waals surface area contributed by atoms with Crippen molar-refractivity contribution in [3.8, 4) is 0 Å². The number of halogens is 1. The van der Waals surface area contributed by atoms with Gasteiger partial charge in [-0.15, -0.1) is 0 Å². The van der Waals surface area contributed by atoms with E-state index in [-0.39, 0.29) is 0 Å². The van der Waals surface area contributed by atoms with E-state index in [1.807, 2.05) is 37.3 Å². The molecule has 0 N–H and O–H groups in total. The molecule has 2 rings (SSSR count). The fourth-order valence-electron chi connectivity index (χ4n) is 1.55. The van der Waals surface area contributed by atoms with Crippen LogP contribution in [0.15, 0.2) is 48.5 Å². The quantitative estimate of drug-likeness (QED) is 0.647. The second-order valence-corrected chi connectivity index (χ2v) is 4.11. The van der Waals surface area contributed by atoms with Crippen LogP contribution in [0.5, 0.6) is 0 Å². The maximum absolute atomic E-state index is 6.06. The molecule has 0 atom stereocenters. The van der Waals surface area contributed by atoms with Crippen molar-refractivity contribution in [2.75, 3.05) is 0 Å². The van der Waals surface area contributed by atoms with Gasteiger partial charge in [-0.05, 0) is 29.7 Å². The standard InChI is InChI=1S/C15H13Cl/c1-12-14(8-5-9-15(12)16)11-10-13-6-3-2-4-7-13/h2-11H,1H3/b11-10+. The molecule has 16 heavy (non-hydrogen) atoms. The predicted molar refractivity (Wildman–Crippen MR) is 71.6 cm³/mol. The smallest absolute Gasteiger partial charge is 0.0441 e. The topological polar surface area (TPSA) is 0 Å². The lowest BCUT2D eigenvalue weighted by atomic mass is 10.1. The van der Waals surface area contributed by atoms with E-state index in [0.29, 0.717) is 0 Å². The molecule has 1 heteroatoms. The minimum Gasteiger partial charge on any atom is -0.0840 e. The summed E-state index contributed by atoms with van der Waals surface area (Å²) < 4.78 is 0. The third-order valence-corrected chi connectivity index (χ3v) is 2.97. The van der Waals surface area contributed by atoms with Crippen molar-refractivity contribution in [1.82, 2.24) is 0 Å². The van der Waals surface area contributed by atoms with Crippen LogP contribution in [0.1, 0.15) is 16.7 Å². The second-order valence-electron chi connectivity index (χ2n) is 3.70. The Kier molecular flexibility index (Phi) is 3.43. The van der Waals surface area contributed by atoms with Crippen molar-refractivity contribution in [2.24, 2.45) is 0 Å². The lowest BCUT2D eigenvalue weighted by Gasteiger charge is -2.01. The molecule has 0 aliphatic rings. The van der Waals surface area contributed by atoms with Gasteiger partial charge in [0.2, 0.25) is 0 Å². The zero-order valence-corrected chi connectivity index (χ0v) is 9.91. The normalized spacial score (nSPS) is 10.9.